The summed E-state index contributed by atoms with van der Waals surface area (Å²) in [6.07, 6.45) is 6.99. The van der Waals surface area contributed by atoms with Crippen LogP contribution in [-0.2, 0) is 4.74 Å². The fourth-order valence-corrected chi connectivity index (χ4v) is 2.65. The maximum Gasteiger partial charge on any atom is 0.277 e. The summed E-state index contributed by atoms with van der Waals surface area (Å²) in [6, 6.07) is -0.638. The predicted octanol–water partition coefficient (Wildman–Crippen LogP) is -0.535. The van der Waals surface area contributed by atoms with Crippen molar-refractivity contribution < 1.29 is 14.6 Å². The maximum atomic E-state index is 12.6. The molecule has 0 aliphatic carbocycles. The molecule has 1 aromatic heterocycles. The van der Waals surface area contributed by atoms with Gasteiger partial charge in [0.15, 0.2) is 11.4 Å². The van der Waals surface area contributed by atoms with Gasteiger partial charge in [-0.3, -0.25) is 19.3 Å². The number of amides is 1. The Hall–Kier alpha value is -2.50. The first-order valence-corrected chi connectivity index (χ1v) is 7.63. The topological polar surface area (TPSA) is 87.0 Å². The minimum absolute atomic E-state index is 0.0686. The van der Waals surface area contributed by atoms with E-state index in [4.69, 9.17) is 11.2 Å². The van der Waals surface area contributed by atoms with Gasteiger partial charge in [0.2, 0.25) is 5.43 Å². The summed E-state index contributed by atoms with van der Waals surface area (Å²) >= 11 is 0. The Bertz CT molecular complexity index is 722. The van der Waals surface area contributed by atoms with Gasteiger partial charge in [-0.15, -0.1) is 6.42 Å². The number of aromatic hydroxyl groups is 1. The van der Waals surface area contributed by atoms with Crippen LogP contribution >= 0.6 is 0 Å². The number of carbonyl (C=O) groups is 1. The van der Waals surface area contributed by atoms with Crippen LogP contribution in [0.3, 0.4) is 0 Å². The Labute approximate surface area is 140 Å². The van der Waals surface area contributed by atoms with Gasteiger partial charge < -0.3 is 20.1 Å². The van der Waals surface area contributed by atoms with E-state index >= 15 is 0 Å². The first-order valence-electron chi connectivity index (χ1n) is 7.63. The molecule has 1 unspecified atom stereocenters. The summed E-state index contributed by atoms with van der Waals surface area (Å²) in [5.74, 6) is 1.47. The van der Waals surface area contributed by atoms with Crippen LogP contribution in [0.5, 0.6) is 5.75 Å². The van der Waals surface area contributed by atoms with Crippen LogP contribution in [0.2, 0.25) is 0 Å². The Balaban J connectivity index is 2.53. The lowest BCUT2D eigenvalue weighted by atomic mass is 10.1. The molecule has 1 aromatic rings. The van der Waals surface area contributed by atoms with Crippen LogP contribution in [0.4, 0.5) is 0 Å². The van der Waals surface area contributed by atoms with Crippen molar-refractivity contribution in [2.75, 3.05) is 45.5 Å². The Morgan fingerprint density at radius 2 is 2.21 bits per heavy atom. The highest BCUT2D eigenvalue weighted by Gasteiger charge is 2.32. The average molecular weight is 334 g/mol. The lowest BCUT2D eigenvalue weighted by molar-refractivity contribution is 0.0630. The van der Waals surface area contributed by atoms with E-state index in [0.717, 1.165) is 0 Å². The number of methoxy groups -OCH3 is 1. The normalized spacial score (nSPS) is 15.2. The minimum Gasteiger partial charge on any atom is -0.502 e. The number of nitrogens with one attached hydrogen (secondary N) is 1. The first-order chi connectivity index (χ1) is 11.5. The van der Waals surface area contributed by atoms with E-state index in [1.807, 2.05) is 6.92 Å². The van der Waals surface area contributed by atoms with Gasteiger partial charge in [0.05, 0.1) is 18.2 Å². The third kappa shape index (κ3) is 3.09. The van der Waals surface area contributed by atoms with Gasteiger partial charge >= 0.3 is 0 Å². The summed E-state index contributed by atoms with van der Waals surface area (Å²) in [5.41, 5.74) is -0.480. The molecular weight excluding hydrogens is 312 g/mol. The number of aromatic nitrogens is 1. The molecule has 130 valence electrons. The lowest BCUT2D eigenvalue weighted by Crippen LogP contribution is -2.53. The number of pyridine rings is 1. The van der Waals surface area contributed by atoms with Crippen LogP contribution in [0.25, 0.3) is 0 Å². The molecule has 8 nitrogen and oxygen atoms in total. The van der Waals surface area contributed by atoms with Crippen molar-refractivity contribution in [3.05, 3.63) is 27.7 Å². The van der Waals surface area contributed by atoms with E-state index in [-0.39, 0.29) is 11.3 Å². The van der Waals surface area contributed by atoms with Crippen molar-refractivity contribution in [1.29, 1.82) is 0 Å². The highest BCUT2D eigenvalue weighted by Crippen LogP contribution is 2.22. The minimum atomic E-state index is -0.638. The molecule has 1 atom stereocenters. The van der Waals surface area contributed by atoms with Crippen molar-refractivity contribution in [2.24, 2.45) is 0 Å². The summed E-state index contributed by atoms with van der Waals surface area (Å²) in [7, 11) is 3.29. The first kappa shape index (κ1) is 17.8. The fourth-order valence-electron chi connectivity index (χ4n) is 2.65. The molecule has 0 saturated heterocycles. The SMILES string of the molecule is C#CC(NCC)c1cn2c(c(O)c1=O)C(=O)N(CCOC)CN2C. The molecule has 2 N–H and O–H groups in total. The fraction of sp³-hybridized carbons (Fsp3) is 0.500. The molecule has 0 aromatic carbocycles. The van der Waals surface area contributed by atoms with Crippen LogP contribution < -0.4 is 15.8 Å². The monoisotopic (exact) mass is 334 g/mol. The molecule has 1 aliphatic rings. The maximum absolute atomic E-state index is 12.6. The number of hydrogen-bond donors (Lipinski definition) is 2. The summed E-state index contributed by atoms with van der Waals surface area (Å²) in [4.78, 5) is 26.6. The molecule has 0 radical (unpaired) electrons. The third-order valence-electron chi connectivity index (χ3n) is 3.88. The van der Waals surface area contributed by atoms with Gasteiger partial charge in [-0.05, 0) is 6.54 Å². The number of fused-ring (bicyclic) bond motifs is 1. The molecule has 2 rings (SSSR count). The van der Waals surface area contributed by atoms with E-state index in [9.17, 15) is 14.7 Å². The predicted molar refractivity (Wildman–Crippen MR) is 89.5 cm³/mol. The van der Waals surface area contributed by atoms with E-state index in [1.54, 1.807) is 19.2 Å². The zero-order chi connectivity index (χ0) is 17.9. The second-order valence-electron chi connectivity index (χ2n) is 5.47. The standard InChI is InChI=1S/C16H22N4O4/c1-5-12(17-6-2)11-9-20-13(15(22)14(11)21)16(23)19(7-8-24-4)10-18(20)3/h1,9,12,17,22H,6-8,10H2,2-4H3. The molecule has 0 spiro atoms. The molecule has 0 bridgehead atoms. The molecule has 1 aliphatic heterocycles. The number of nitrogens with zero attached hydrogens (tertiary/aromatic N) is 3. The average Bonchev–Trinajstić information content (AvgIpc) is 2.57. The number of rotatable bonds is 6. The molecule has 0 saturated carbocycles. The highest BCUT2D eigenvalue weighted by atomic mass is 16.5. The smallest absolute Gasteiger partial charge is 0.277 e. The zero-order valence-electron chi connectivity index (χ0n) is 14.1. The Morgan fingerprint density at radius 3 is 2.79 bits per heavy atom. The quantitative estimate of drug-likeness (QED) is 0.680. The number of carbonyl (C=O) groups excluding carboxylic acids is 1. The Morgan fingerprint density at radius 1 is 1.50 bits per heavy atom. The summed E-state index contributed by atoms with van der Waals surface area (Å²) in [6.45, 7) is 3.46. The largest absolute Gasteiger partial charge is 0.502 e. The third-order valence-corrected chi connectivity index (χ3v) is 3.88. The number of hydrogen-bond acceptors (Lipinski definition) is 6. The van der Waals surface area contributed by atoms with E-state index < -0.39 is 23.1 Å². The van der Waals surface area contributed by atoms with Crippen LogP contribution in [0.15, 0.2) is 11.0 Å². The second-order valence-corrected chi connectivity index (χ2v) is 5.47. The van der Waals surface area contributed by atoms with Crippen molar-refractivity contribution in [1.82, 2.24) is 14.9 Å². The Kier molecular flexibility index (Phi) is 5.49. The zero-order valence-corrected chi connectivity index (χ0v) is 14.1. The van der Waals surface area contributed by atoms with Crippen LogP contribution in [0, 0.1) is 12.3 Å². The molecule has 2 heterocycles. The molecule has 1 amide bonds. The van der Waals surface area contributed by atoms with Gasteiger partial charge in [-0.25, -0.2) is 0 Å². The van der Waals surface area contributed by atoms with Gasteiger partial charge in [-0.1, -0.05) is 12.8 Å². The van der Waals surface area contributed by atoms with Gasteiger partial charge in [0.1, 0.15) is 6.67 Å². The lowest BCUT2D eigenvalue weighted by Gasteiger charge is -2.37. The second kappa shape index (κ2) is 7.38. The van der Waals surface area contributed by atoms with Crippen molar-refractivity contribution >= 4 is 5.91 Å². The summed E-state index contributed by atoms with van der Waals surface area (Å²) < 4.78 is 6.46. The van der Waals surface area contributed by atoms with E-state index in [1.165, 1.54) is 15.8 Å². The molecule has 0 fully saturated rings. The van der Waals surface area contributed by atoms with Crippen molar-refractivity contribution in [3.63, 3.8) is 0 Å². The van der Waals surface area contributed by atoms with Crippen molar-refractivity contribution in [3.8, 4) is 18.1 Å². The van der Waals surface area contributed by atoms with E-state index in [2.05, 4.69) is 11.2 Å². The molecule has 24 heavy (non-hydrogen) atoms. The molecule has 8 heteroatoms. The molecular formula is C16H22N4O4. The van der Waals surface area contributed by atoms with Gasteiger partial charge in [-0.2, -0.15) is 0 Å². The number of ether oxygens (including phenoxy) is 1. The summed E-state index contributed by atoms with van der Waals surface area (Å²) in [5, 5.41) is 15.0. The van der Waals surface area contributed by atoms with Gasteiger partial charge in [0, 0.05) is 26.9 Å². The van der Waals surface area contributed by atoms with Crippen LogP contribution in [0.1, 0.15) is 29.0 Å². The number of terminal acetylenes is 1. The van der Waals surface area contributed by atoms with Crippen LogP contribution in [-0.4, -0.2) is 61.1 Å². The highest BCUT2D eigenvalue weighted by molar-refractivity contribution is 5.96. The van der Waals surface area contributed by atoms with Crippen molar-refractivity contribution in [2.45, 2.75) is 13.0 Å². The van der Waals surface area contributed by atoms with Gasteiger partial charge in [0.25, 0.3) is 5.91 Å². The van der Waals surface area contributed by atoms with E-state index in [0.29, 0.717) is 26.4 Å².